The molecule has 0 spiro atoms. The van der Waals surface area contributed by atoms with Gasteiger partial charge in [-0.05, 0) is 17.7 Å². The minimum Gasteiger partial charge on any atom is -0.380 e. The standard InChI is InChI=1S/C14H18N4O4S2/c1-9(2)12(19)15-13-16-17-14(23-13)24(20,21)18-11-6-4-5-10(7-11)8-22-3/h4-7,9,18H,8H2,1-3H3,(H,15,16,19). The number of sulfonamides is 1. The lowest BCUT2D eigenvalue weighted by Crippen LogP contribution is -2.17. The molecule has 0 unspecified atom stereocenters. The van der Waals surface area contributed by atoms with Crippen molar-refractivity contribution >= 4 is 38.1 Å². The Morgan fingerprint density at radius 1 is 1.33 bits per heavy atom. The molecule has 1 amide bonds. The number of anilines is 2. The van der Waals surface area contributed by atoms with E-state index in [1.165, 1.54) is 0 Å². The van der Waals surface area contributed by atoms with E-state index in [1.807, 2.05) is 6.07 Å². The molecule has 0 aliphatic heterocycles. The van der Waals surface area contributed by atoms with Crippen molar-refractivity contribution in [2.24, 2.45) is 5.92 Å². The summed E-state index contributed by atoms with van der Waals surface area (Å²) in [6.45, 7) is 3.82. The number of methoxy groups -OCH3 is 1. The highest BCUT2D eigenvalue weighted by atomic mass is 32.2. The van der Waals surface area contributed by atoms with Gasteiger partial charge in [0.2, 0.25) is 11.0 Å². The Morgan fingerprint density at radius 3 is 2.75 bits per heavy atom. The van der Waals surface area contributed by atoms with E-state index in [0.717, 1.165) is 16.9 Å². The van der Waals surface area contributed by atoms with Gasteiger partial charge in [0.05, 0.1) is 6.61 Å². The highest BCUT2D eigenvalue weighted by Crippen LogP contribution is 2.23. The lowest BCUT2D eigenvalue weighted by Gasteiger charge is -2.07. The summed E-state index contributed by atoms with van der Waals surface area (Å²) in [6.07, 6.45) is 0. The van der Waals surface area contributed by atoms with E-state index in [-0.39, 0.29) is 21.3 Å². The average Bonchev–Trinajstić information content (AvgIpc) is 2.97. The molecule has 0 saturated heterocycles. The van der Waals surface area contributed by atoms with Crippen molar-refractivity contribution < 1.29 is 17.9 Å². The van der Waals surface area contributed by atoms with Crippen molar-refractivity contribution in [1.82, 2.24) is 10.2 Å². The molecule has 0 radical (unpaired) electrons. The molecular formula is C14H18N4O4S2. The zero-order chi connectivity index (χ0) is 17.7. The zero-order valence-electron chi connectivity index (χ0n) is 13.4. The van der Waals surface area contributed by atoms with Gasteiger partial charge >= 0.3 is 0 Å². The van der Waals surface area contributed by atoms with Crippen LogP contribution in [0.4, 0.5) is 10.8 Å². The number of aromatic nitrogens is 2. The highest BCUT2D eigenvalue weighted by molar-refractivity contribution is 7.94. The van der Waals surface area contributed by atoms with E-state index in [2.05, 4.69) is 20.2 Å². The van der Waals surface area contributed by atoms with E-state index in [9.17, 15) is 13.2 Å². The van der Waals surface area contributed by atoms with Crippen LogP contribution in [0.15, 0.2) is 28.6 Å². The third-order valence-electron chi connectivity index (χ3n) is 2.88. The molecule has 0 atom stereocenters. The normalized spacial score (nSPS) is 11.5. The monoisotopic (exact) mass is 370 g/mol. The van der Waals surface area contributed by atoms with Crippen molar-refractivity contribution in [2.75, 3.05) is 17.1 Å². The van der Waals surface area contributed by atoms with Crippen LogP contribution >= 0.6 is 11.3 Å². The predicted molar refractivity (Wildman–Crippen MR) is 91.3 cm³/mol. The third-order valence-corrected chi connectivity index (χ3v) is 5.47. The Morgan fingerprint density at radius 2 is 2.08 bits per heavy atom. The minimum absolute atomic E-state index is 0.141. The number of rotatable bonds is 7. The van der Waals surface area contributed by atoms with E-state index in [0.29, 0.717) is 12.3 Å². The minimum atomic E-state index is -3.88. The molecule has 0 bridgehead atoms. The SMILES string of the molecule is COCc1cccc(NS(=O)(=O)c2nnc(NC(=O)C(C)C)s2)c1. The topological polar surface area (TPSA) is 110 Å². The zero-order valence-corrected chi connectivity index (χ0v) is 15.1. The van der Waals surface area contributed by atoms with Crippen LogP contribution in [0, 0.1) is 5.92 Å². The summed E-state index contributed by atoms with van der Waals surface area (Å²) >= 11 is 0.790. The van der Waals surface area contributed by atoms with Gasteiger partial charge in [-0.2, -0.15) is 8.42 Å². The summed E-state index contributed by atoms with van der Waals surface area (Å²) in [6, 6.07) is 6.84. The number of nitrogens with zero attached hydrogens (tertiary/aromatic N) is 2. The van der Waals surface area contributed by atoms with Crippen LogP contribution in [0.3, 0.4) is 0 Å². The number of carbonyl (C=O) groups is 1. The Labute approximate surface area is 144 Å². The van der Waals surface area contributed by atoms with Gasteiger partial charge in [0.1, 0.15) is 0 Å². The highest BCUT2D eigenvalue weighted by Gasteiger charge is 2.21. The molecule has 2 rings (SSSR count). The predicted octanol–water partition coefficient (Wildman–Crippen LogP) is 2.08. The van der Waals surface area contributed by atoms with Crippen LogP contribution in [0.2, 0.25) is 0 Å². The number of hydrogen-bond donors (Lipinski definition) is 2. The maximum absolute atomic E-state index is 12.4. The lowest BCUT2D eigenvalue weighted by molar-refractivity contribution is -0.118. The van der Waals surface area contributed by atoms with Crippen LogP contribution in [0.1, 0.15) is 19.4 Å². The van der Waals surface area contributed by atoms with Crippen molar-refractivity contribution in [1.29, 1.82) is 0 Å². The average molecular weight is 370 g/mol. The molecular weight excluding hydrogens is 352 g/mol. The molecule has 2 N–H and O–H groups in total. The van der Waals surface area contributed by atoms with Crippen LogP contribution in [0.25, 0.3) is 0 Å². The van der Waals surface area contributed by atoms with E-state index < -0.39 is 10.0 Å². The second-order valence-corrected chi connectivity index (χ2v) is 8.09. The van der Waals surface area contributed by atoms with Crippen LogP contribution in [0.5, 0.6) is 0 Å². The summed E-state index contributed by atoms with van der Waals surface area (Å²) in [7, 11) is -2.32. The first-order valence-corrected chi connectivity index (χ1v) is 9.37. The lowest BCUT2D eigenvalue weighted by atomic mass is 10.2. The summed E-state index contributed by atoms with van der Waals surface area (Å²) in [5.74, 6) is -0.495. The second-order valence-electron chi connectivity index (χ2n) is 5.26. The number of nitrogens with one attached hydrogen (secondary N) is 2. The van der Waals surface area contributed by atoms with Gasteiger partial charge in [-0.1, -0.05) is 37.3 Å². The van der Waals surface area contributed by atoms with Crippen molar-refractivity contribution in [3.05, 3.63) is 29.8 Å². The molecule has 0 aliphatic rings. The fourth-order valence-corrected chi connectivity index (χ4v) is 3.66. The molecule has 1 aromatic carbocycles. The Kier molecular flexibility index (Phi) is 5.86. The third kappa shape index (κ3) is 4.73. The molecule has 10 heteroatoms. The molecule has 0 aliphatic carbocycles. The molecule has 2 aromatic rings. The smallest absolute Gasteiger partial charge is 0.291 e. The van der Waals surface area contributed by atoms with Gasteiger partial charge in [0, 0.05) is 18.7 Å². The van der Waals surface area contributed by atoms with E-state index >= 15 is 0 Å². The van der Waals surface area contributed by atoms with Crippen LogP contribution < -0.4 is 10.0 Å². The number of hydrogen-bond acceptors (Lipinski definition) is 7. The number of ether oxygens (including phenoxy) is 1. The summed E-state index contributed by atoms with van der Waals surface area (Å²) < 4.78 is 31.9. The van der Waals surface area contributed by atoms with Crippen molar-refractivity contribution in [2.45, 2.75) is 24.8 Å². The fourth-order valence-electron chi connectivity index (χ4n) is 1.71. The molecule has 24 heavy (non-hydrogen) atoms. The van der Waals surface area contributed by atoms with Gasteiger partial charge in [0.25, 0.3) is 14.4 Å². The van der Waals surface area contributed by atoms with Gasteiger partial charge in [0.15, 0.2) is 0 Å². The Balaban J connectivity index is 2.14. The second kappa shape index (κ2) is 7.69. The molecule has 1 aromatic heterocycles. The molecule has 0 fully saturated rings. The first-order chi connectivity index (χ1) is 11.3. The van der Waals surface area contributed by atoms with E-state index in [4.69, 9.17) is 4.74 Å². The van der Waals surface area contributed by atoms with Gasteiger partial charge in [-0.3, -0.25) is 9.52 Å². The number of benzene rings is 1. The largest absolute Gasteiger partial charge is 0.380 e. The van der Waals surface area contributed by atoms with Crippen LogP contribution in [-0.2, 0) is 26.2 Å². The van der Waals surface area contributed by atoms with Gasteiger partial charge in [-0.25, -0.2) is 0 Å². The van der Waals surface area contributed by atoms with Crippen LogP contribution in [-0.4, -0.2) is 31.6 Å². The molecule has 1 heterocycles. The van der Waals surface area contributed by atoms with E-state index in [1.54, 1.807) is 39.2 Å². The first kappa shape index (κ1) is 18.3. The maximum atomic E-state index is 12.4. The first-order valence-electron chi connectivity index (χ1n) is 7.07. The van der Waals surface area contributed by atoms with Crippen molar-refractivity contribution in [3.8, 4) is 0 Å². The number of carbonyl (C=O) groups excluding carboxylic acids is 1. The Hall–Kier alpha value is -2.04. The molecule has 0 saturated carbocycles. The quantitative estimate of drug-likeness (QED) is 0.722. The molecule has 8 nitrogen and oxygen atoms in total. The summed E-state index contributed by atoms with van der Waals surface area (Å²) in [5.41, 5.74) is 1.23. The Bertz CT molecular complexity index is 818. The fraction of sp³-hybridized carbons (Fsp3) is 0.357. The summed E-state index contributed by atoms with van der Waals surface area (Å²) in [4.78, 5) is 11.6. The summed E-state index contributed by atoms with van der Waals surface area (Å²) in [5, 5.41) is 9.99. The maximum Gasteiger partial charge on any atom is 0.291 e. The van der Waals surface area contributed by atoms with Gasteiger partial charge < -0.3 is 10.1 Å². The van der Waals surface area contributed by atoms with Crippen molar-refractivity contribution in [3.63, 3.8) is 0 Å². The van der Waals surface area contributed by atoms with Gasteiger partial charge in [-0.15, -0.1) is 10.2 Å². The molecule has 130 valence electrons. The number of amides is 1.